The van der Waals surface area contributed by atoms with Gasteiger partial charge in [0.05, 0.1) is 27.8 Å². The second-order valence-electron chi connectivity index (χ2n) is 6.02. The van der Waals surface area contributed by atoms with E-state index in [2.05, 4.69) is 15.4 Å². The standard InChI is InChI=1S/C19H23N3O6S/c1-26-14-6-4-12(10-15(14)27-2)5-7-16(23)21-19(29)22-9-8-20-18(25)13(22)11-17(24)28-3/h4-7,10,13H,8-9,11H2,1-3H3,(H,20,25)(H,21,23,29)/b7-5+. The van der Waals surface area contributed by atoms with Crippen molar-refractivity contribution in [2.75, 3.05) is 34.4 Å². The quantitative estimate of drug-likeness (QED) is 0.388. The Labute approximate surface area is 174 Å². The maximum atomic E-state index is 12.3. The number of thiocarbonyl (C=S) groups is 1. The number of esters is 1. The van der Waals surface area contributed by atoms with Crippen molar-refractivity contribution < 1.29 is 28.6 Å². The summed E-state index contributed by atoms with van der Waals surface area (Å²) >= 11 is 5.26. The molecule has 1 saturated heterocycles. The number of carbonyl (C=O) groups is 3. The third kappa shape index (κ3) is 5.92. The lowest BCUT2D eigenvalue weighted by atomic mass is 10.1. The number of amides is 2. The SMILES string of the molecule is COC(=O)CC1C(=O)NCCN1C(=S)NC(=O)/C=C/c1ccc(OC)c(OC)c1. The van der Waals surface area contributed by atoms with Crippen molar-refractivity contribution in [2.24, 2.45) is 0 Å². The van der Waals surface area contributed by atoms with Crippen LogP contribution in [0.15, 0.2) is 24.3 Å². The van der Waals surface area contributed by atoms with E-state index in [1.165, 1.54) is 32.3 Å². The van der Waals surface area contributed by atoms with Gasteiger partial charge in [0.15, 0.2) is 16.6 Å². The lowest BCUT2D eigenvalue weighted by Gasteiger charge is -2.35. The Hall–Kier alpha value is -3.14. The molecule has 0 spiro atoms. The van der Waals surface area contributed by atoms with Gasteiger partial charge in [-0.3, -0.25) is 19.7 Å². The van der Waals surface area contributed by atoms with Crippen LogP contribution in [0.2, 0.25) is 0 Å². The fourth-order valence-corrected chi connectivity index (χ4v) is 3.07. The van der Waals surface area contributed by atoms with Crippen molar-refractivity contribution >= 4 is 41.2 Å². The summed E-state index contributed by atoms with van der Waals surface area (Å²) in [6.45, 7) is 0.722. The average molecular weight is 421 g/mol. The molecule has 1 atom stereocenters. The molecule has 0 radical (unpaired) electrons. The Bertz CT molecular complexity index is 826. The van der Waals surface area contributed by atoms with E-state index in [0.29, 0.717) is 24.6 Å². The number of piperazine rings is 1. The molecule has 0 aliphatic carbocycles. The van der Waals surface area contributed by atoms with Crippen LogP contribution < -0.4 is 20.1 Å². The molecule has 2 rings (SSSR count). The Balaban J connectivity index is 2.03. The van der Waals surface area contributed by atoms with Gasteiger partial charge >= 0.3 is 5.97 Å². The van der Waals surface area contributed by atoms with Gasteiger partial charge in [-0.05, 0) is 36.0 Å². The second-order valence-corrected chi connectivity index (χ2v) is 6.41. The monoisotopic (exact) mass is 421 g/mol. The molecule has 156 valence electrons. The third-order valence-electron chi connectivity index (χ3n) is 4.24. The first-order chi connectivity index (χ1) is 13.9. The summed E-state index contributed by atoms with van der Waals surface area (Å²) in [5.74, 6) is -0.239. The summed E-state index contributed by atoms with van der Waals surface area (Å²) in [6, 6.07) is 4.39. The molecule has 1 heterocycles. The molecule has 1 aliphatic rings. The Morgan fingerprint density at radius 3 is 2.66 bits per heavy atom. The minimum atomic E-state index is -0.834. The molecule has 1 fully saturated rings. The minimum absolute atomic E-state index is 0.0655. The lowest BCUT2D eigenvalue weighted by Crippen LogP contribution is -2.60. The molecular weight excluding hydrogens is 398 g/mol. The summed E-state index contributed by atoms with van der Waals surface area (Å²) < 4.78 is 15.0. The van der Waals surface area contributed by atoms with Gasteiger partial charge in [-0.25, -0.2) is 0 Å². The van der Waals surface area contributed by atoms with Crippen LogP contribution in [0.1, 0.15) is 12.0 Å². The Morgan fingerprint density at radius 1 is 1.28 bits per heavy atom. The number of methoxy groups -OCH3 is 3. The highest BCUT2D eigenvalue weighted by molar-refractivity contribution is 7.80. The molecule has 0 bridgehead atoms. The average Bonchev–Trinajstić information content (AvgIpc) is 2.73. The van der Waals surface area contributed by atoms with E-state index in [-0.39, 0.29) is 17.4 Å². The van der Waals surface area contributed by atoms with Crippen LogP contribution in [-0.2, 0) is 19.1 Å². The maximum Gasteiger partial charge on any atom is 0.308 e. The first-order valence-corrected chi connectivity index (χ1v) is 9.16. The Morgan fingerprint density at radius 2 is 2.00 bits per heavy atom. The molecule has 1 unspecified atom stereocenters. The minimum Gasteiger partial charge on any atom is -0.493 e. The molecule has 2 amide bonds. The number of benzene rings is 1. The summed E-state index contributed by atoms with van der Waals surface area (Å²) in [4.78, 5) is 37.4. The molecular formula is C19H23N3O6S. The zero-order valence-electron chi connectivity index (χ0n) is 16.4. The summed E-state index contributed by atoms with van der Waals surface area (Å²) in [6.07, 6.45) is 2.74. The predicted molar refractivity (Wildman–Crippen MR) is 109 cm³/mol. The number of hydrogen-bond donors (Lipinski definition) is 2. The van der Waals surface area contributed by atoms with E-state index in [9.17, 15) is 14.4 Å². The van der Waals surface area contributed by atoms with Crippen LogP contribution in [0.25, 0.3) is 6.08 Å². The van der Waals surface area contributed by atoms with Crippen molar-refractivity contribution in [1.82, 2.24) is 15.5 Å². The van der Waals surface area contributed by atoms with Crippen LogP contribution in [0.3, 0.4) is 0 Å². The molecule has 0 saturated carbocycles. The fraction of sp³-hybridized carbons (Fsp3) is 0.368. The number of ether oxygens (including phenoxy) is 3. The first-order valence-electron chi connectivity index (χ1n) is 8.75. The van der Waals surface area contributed by atoms with Gasteiger partial charge in [-0.1, -0.05) is 6.07 Å². The first kappa shape index (κ1) is 22.2. The van der Waals surface area contributed by atoms with Crippen molar-refractivity contribution in [1.29, 1.82) is 0 Å². The van der Waals surface area contributed by atoms with Gasteiger partial charge in [0.1, 0.15) is 6.04 Å². The van der Waals surface area contributed by atoms with E-state index < -0.39 is 17.9 Å². The van der Waals surface area contributed by atoms with E-state index in [4.69, 9.17) is 21.7 Å². The highest BCUT2D eigenvalue weighted by atomic mass is 32.1. The number of rotatable bonds is 6. The second kappa shape index (κ2) is 10.4. The molecule has 1 aliphatic heterocycles. The van der Waals surface area contributed by atoms with Crippen LogP contribution in [0.4, 0.5) is 0 Å². The van der Waals surface area contributed by atoms with Gasteiger partial charge in [-0.2, -0.15) is 0 Å². The third-order valence-corrected chi connectivity index (χ3v) is 4.58. The van der Waals surface area contributed by atoms with Crippen LogP contribution in [0, 0.1) is 0 Å². The van der Waals surface area contributed by atoms with Gasteiger partial charge < -0.3 is 24.4 Å². The number of nitrogens with zero attached hydrogens (tertiary/aromatic N) is 1. The highest BCUT2D eigenvalue weighted by Crippen LogP contribution is 2.27. The number of hydrogen-bond acceptors (Lipinski definition) is 7. The van der Waals surface area contributed by atoms with Crippen LogP contribution in [-0.4, -0.2) is 68.3 Å². The predicted octanol–water partition coefficient (Wildman–Crippen LogP) is 0.482. The zero-order valence-corrected chi connectivity index (χ0v) is 17.2. The van der Waals surface area contributed by atoms with Crippen LogP contribution >= 0.6 is 12.2 Å². The van der Waals surface area contributed by atoms with Crippen molar-refractivity contribution in [2.45, 2.75) is 12.5 Å². The van der Waals surface area contributed by atoms with E-state index in [1.54, 1.807) is 24.3 Å². The fourth-order valence-electron chi connectivity index (χ4n) is 2.75. The van der Waals surface area contributed by atoms with Gasteiger partial charge in [-0.15, -0.1) is 0 Å². The summed E-state index contributed by atoms with van der Waals surface area (Å²) in [5.41, 5.74) is 0.727. The van der Waals surface area contributed by atoms with Gasteiger partial charge in [0, 0.05) is 19.2 Å². The van der Waals surface area contributed by atoms with Crippen molar-refractivity contribution in [3.63, 3.8) is 0 Å². The molecule has 9 nitrogen and oxygen atoms in total. The molecule has 0 aromatic heterocycles. The van der Waals surface area contributed by atoms with E-state index in [1.807, 2.05) is 0 Å². The largest absolute Gasteiger partial charge is 0.493 e. The van der Waals surface area contributed by atoms with E-state index >= 15 is 0 Å². The molecule has 10 heteroatoms. The lowest BCUT2D eigenvalue weighted by molar-refractivity contribution is -0.144. The molecule has 1 aromatic rings. The number of nitrogens with one attached hydrogen (secondary N) is 2. The topological polar surface area (TPSA) is 106 Å². The van der Waals surface area contributed by atoms with Crippen molar-refractivity contribution in [3.05, 3.63) is 29.8 Å². The van der Waals surface area contributed by atoms with Gasteiger partial charge in [0.2, 0.25) is 11.8 Å². The maximum absolute atomic E-state index is 12.3. The molecule has 1 aromatic carbocycles. The molecule has 2 N–H and O–H groups in total. The normalized spacial score (nSPS) is 16.2. The smallest absolute Gasteiger partial charge is 0.308 e. The van der Waals surface area contributed by atoms with E-state index in [0.717, 1.165) is 5.56 Å². The van der Waals surface area contributed by atoms with Gasteiger partial charge in [0.25, 0.3) is 0 Å². The van der Waals surface area contributed by atoms with Crippen molar-refractivity contribution in [3.8, 4) is 11.5 Å². The zero-order chi connectivity index (χ0) is 21.4. The Kier molecular flexibility index (Phi) is 7.96. The number of carbonyl (C=O) groups excluding carboxylic acids is 3. The summed E-state index contributed by atoms with van der Waals surface area (Å²) in [7, 11) is 4.30. The van der Waals surface area contributed by atoms with Crippen LogP contribution in [0.5, 0.6) is 11.5 Å². The highest BCUT2D eigenvalue weighted by Gasteiger charge is 2.33. The molecule has 29 heavy (non-hydrogen) atoms. The summed E-state index contributed by atoms with van der Waals surface area (Å²) in [5, 5.41) is 5.29.